The number of nitrogen functional groups attached to an aromatic ring is 1. The van der Waals surface area contributed by atoms with Crippen LogP contribution in [0.4, 0.5) is 0 Å². The molecule has 0 aliphatic heterocycles. The van der Waals surface area contributed by atoms with Crippen LogP contribution in [0.1, 0.15) is 23.2 Å². The summed E-state index contributed by atoms with van der Waals surface area (Å²) in [7, 11) is 1.37. The lowest BCUT2D eigenvalue weighted by Gasteiger charge is -2.08. The number of imidazole rings is 1. The summed E-state index contributed by atoms with van der Waals surface area (Å²) in [5.74, 6) is 0.413. The number of ether oxygens (including phenoxy) is 1. The molecule has 0 atom stereocenters. The number of nitrogens with zero attached hydrogens (tertiary/aromatic N) is 4. The number of benzene rings is 1. The molecule has 3 N–H and O–H groups in total. The van der Waals surface area contributed by atoms with Gasteiger partial charge in [-0.1, -0.05) is 24.3 Å². The minimum Gasteiger partial charge on any atom is -0.469 e. The van der Waals surface area contributed by atoms with Crippen LogP contribution in [-0.2, 0) is 16.0 Å². The van der Waals surface area contributed by atoms with Crippen LogP contribution in [0.5, 0.6) is 0 Å². The largest absolute Gasteiger partial charge is 0.469 e. The SMILES string of the molecule is COC(=O)CCc1cn(-c2cc(C)c(-c3ccc(C(=N)N)cc3)nn2)cn1. The van der Waals surface area contributed by atoms with Crippen LogP contribution in [0.15, 0.2) is 42.9 Å². The van der Waals surface area contributed by atoms with E-state index in [2.05, 4.69) is 19.9 Å². The molecule has 3 rings (SSSR count). The van der Waals surface area contributed by atoms with Crippen LogP contribution in [0.25, 0.3) is 17.1 Å². The zero-order chi connectivity index (χ0) is 19.4. The quantitative estimate of drug-likeness (QED) is 0.392. The molecule has 27 heavy (non-hydrogen) atoms. The monoisotopic (exact) mass is 364 g/mol. The number of amidine groups is 1. The van der Waals surface area contributed by atoms with E-state index in [0.717, 1.165) is 22.5 Å². The summed E-state index contributed by atoms with van der Waals surface area (Å²) < 4.78 is 6.41. The predicted octanol–water partition coefficient (Wildman–Crippen LogP) is 2.03. The average molecular weight is 364 g/mol. The van der Waals surface area contributed by atoms with E-state index in [1.54, 1.807) is 23.0 Å². The van der Waals surface area contributed by atoms with Gasteiger partial charge in [0.1, 0.15) is 12.2 Å². The second kappa shape index (κ2) is 7.77. The highest BCUT2D eigenvalue weighted by atomic mass is 16.5. The van der Waals surface area contributed by atoms with E-state index in [4.69, 9.17) is 11.1 Å². The van der Waals surface area contributed by atoms with Gasteiger partial charge in [0, 0.05) is 23.7 Å². The van der Waals surface area contributed by atoms with Gasteiger partial charge < -0.3 is 10.5 Å². The zero-order valence-corrected chi connectivity index (χ0v) is 15.1. The van der Waals surface area contributed by atoms with E-state index in [1.807, 2.05) is 31.3 Å². The fraction of sp³-hybridized carbons (Fsp3) is 0.211. The third-order valence-corrected chi connectivity index (χ3v) is 4.15. The van der Waals surface area contributed by atoms with Gasteiger partial charge in [-0.3, -0.25) is 14.8 Å². The zero-order valence-electron chi connectivity index (χ0n) is 15.1. The van der Waals surface area contributed by atoms with Crippen LogP contribution in [0.3, 0.4) is 0 Å². The number of carbonyl (C=O) groups is 1. The maximum absolute atomic E-state index is 11.2. The van der Waals surface area contributed by atoms with Crippen molar-refractivity contribution in [3.8, 4) is 17.1 Å². The molecule has 0 spiro atoms. The van der Waals surface area contributed by atoms with E-state index >= 15 is 0 Å². The van der Waals surface area contributed by atoms with Gasteiger partial charge in [-0.05, 0) is 18.6 Å². The summed E-state index contributed by atoms with van der Waals surface area (Å²) in [5.41, 5.74) is 9.56. The van der Waals surface area contributed by atoms with Gasteiger partial charge in [-0.2, -0.15) is 0 Å². The average Bonchev–Trinajstić information content (AvgIpc) is 3.15. The molecule has 1 aromatic carbocycles. The molecular formula is C19H20N6O2. The van der Waals surface area contributed by atoms with Gasteiger partial charge in [-0.15, -0.1) is 10.2 Å². The van der Waals surface area contributed by atoms with E-state index in [9.17, 15) is 4.79 Å². The Morgan fingerprint density at radius 1 is 1.26 bits per heavy atom. The highest BCUT2D eigenvalue weighted by Gasteiger charge is 2.10. The molecule has 0 fully saturated rings. The number of aryl methyl sites for hydroxylation is 2. The summed E-state index contributed by atoms with van der Waals surface area (Å²) >= 11 is 0. The second-order valence-electron chi connectivity index (χ2n) is 6.07. The Morgan fingerprint density at radius 2 is 2.00 bits per heavy atom. The van der Waals surface area contributed by atoms with Crippen molar-refractivity contribution in [2.24, 2.45) is 5.73 Å². The van der Waals surface area contributed by atoms with Gasteiger partial charge in [0.05, 0.1) is 24.9 Å². The number of carbonyl (C=O) groups excluding carboxylic acids is 1. The normalized spacial score (nSPS) is 10.6. The molecular weight excluding hydrogens is 344 g/mol. The molecule has 0 saturated carbocycles. The van der Waals surface area contributed by atoms with Crippen LogP contribution < -0.4 is 5.73 Å². The molecule has 8 heteroatoms. The van der Waals surface area contributed by atoms with Gasteiger partial charge >= 0.3 is 5.97 Å². The first kappa shape index (κ1) is 18.2. The smallest absolute Gasteiger partial charge is 0.305 e. The van der Waals surface area contributed by atoms with E-state index < -0.39 is 0 Å². The summed E-state index contributed by atoms with van der Waals surface area (Å²) in [5, 5.41) is 16.1. The van der Waals surface area contributed by atoms with E-state index in [1.165, 1.54) is 7.11 Å². The van der Waals surface area contributed by atoms with E-state index in [0.29, 0.717) is 17.8 Å². The highest BCUT2D eigenvalue weighted by molar-refractivity contribution is 5.95. The van der Waals surface area contributed by atoms with Crippen molar-refractivity contribution < 1.29 is 9.53 Å². The molecule has 0 amide bonds. The Balaban J connectivity index is 1.79. The first-order valence-electron chi connectivity index (χ1n) is 8.37. The molecule has 0 aliphatic rings. The Labute approximate surface area is 156 Å². The molecule has 0 unspecified atom stereocenters. The second-order valence-corrected chi connectivity index (χ2v) is 6.07. The number of aromatic nitrogens is 4. The number of nitrogens with two attached hydrogens (primary N) is 1. The van der Waals surface area contributed by atoms with Crippen molar-refractivity contribution in [2.45, 2.75) is 19.8 Å². The van der Waals surface area contributed by atoms with Crippen LogP contribution >= 0.6 is 0 Å². The fourth-order valence-electron chi connectivity index (χ4n) is 2.64. The van der Waals surface area contributed by atoms with Crippen molar-refractivity contribution >= 4 is 11.8 Å². The molecule has 2 aromatic heterocycles. The Bertz CT molecular complexity index is 978. The number of methoxy groups -OCH3 is 1. The first-order valence-corrected chi connectivity index (χ1v) is 8.37. The van der Waals surface area contributed by atoms with Crippen LogP contribution in [-0.4, -0.2) is 38.7 Å². The maximum atomic E-state index is 11.2. The number of hydrogen-bond acceptors (Lipinski definition) is 6. The van der Waals surface area contributed by atoms with E-state index in [-0.39, 0.29) is 18.2 Å². The molecule has 8 nitrogen and oxygen atoms in total. The molecule has 0 radical (unpaired) electrons. The lowest BCUT2D eigenvalue weighted by atomic mass is 10.1. The fourth-order valence-corrected chi connectivity index (χ4v) is 2.64. The number of nitrogens with one attached hydrogen (secondary N) is 1. The molecule has 2 heterocycles. The van der Waals surface area contributed by atoms with Crippen molar-refractivity contribution in [3.05, 3.63) is 59.7 Å². The summed E-state index contributed by atoms with van der Waals surface area (Å²) in [6.45, 7) is 1.96. The predicted molar refractivity (Wildman–Crippen MR) is 101 cm³/mol. The number of rotatable bonds is 6. The Hall–Kier alpha value is -3.55. The standard InChI is InChI=1S/C19H20N6O2/c1-12-9-16(25-10-15(22-11-25)7-8-17(26)27-2)23-24-18(12)13-3-5-14(6-4-13)19(20)21/h3-6,9-11H,7-8H2,1-2H3,(H3,20,21). The van der Waals surface area contributed by atoms with Crippen LogP contribution in [0.2, 0.25) is 0 Å². The van der Waals surface area contributed by atoms with Gasteiger partial charge in [0.25, 0.3) is 0 Å². The third kappa shape index (κ3) is 4.17. The van der Waals surface area contributed by atoms with Crippen molar-refractivity contribution in [1.82, 2.24) is 19.7 Å². The number of hydrogen-bond donors (Lipinski definition) is 2. The lowest BCUT2D eigenvalue weighted by Crippen LogP contribution is -2.10. The lowest BCUT2D eigenvalue weighted by molar-refractivity contribution is -0.140. The maximum Gasteiger partial charge on any atom is 0.305 e. The molecule has 0 aliphatic carbocycles. The third-order valence-electron chi connectivity index (χ3n) is 4.15. The molecule has 0 saturated heterocycles. The van der Waals surface area contributed by atoms with Gasteiger partial charge in [-0.25, -0.2) is 4.98 Å². The summed E-state index contributed by atoms with van der Waals surface area (Å²) in [4.78, 5) is 15.5. The highest BCUT2D eigenvalue weighted by Crippen LogP contribution is 2.22. The molecule has 0 bridgehead atoms. The Kier molecular flexibility index (Phi) is 5.25. The van der Waals surface area contributed by atoms with Crippen molar-refractivity contribution in [1.29, 1.82) is 5.41 Å². The van der Waals surface area contributed by atoms with Crippen LogP contribution in [0, 0.1) is 12.3 Å². The number of esters is 1. The minimum atomic E-state index is -0.264. The minimum absolute atomic E-state index is 0.0304. The molecule has 138 valence electrons. The Morgan fingerprint density at radius 3 is 2.63 bits per heavy atom. The molecule has 3 aromatic rings. The topological polar surface area (TPSA) is 120 Å². The van der Waals surface area contributed by atoms with Crippen molar-refractivity contribution in [3.63, 3.8) is 0 Å². The van der Waals surface area contributed by atoms with Gasteiger partial charge in [0.2, 0.25) is 0 Å². The first-order chi connectivity index (χ1) is 13.0. The summed E-state index contributed by atoms with van der Waals surface area (Å²) in [6, 6.07) is 9.24. The summed E-state index contributed by atoms with van der Waals surface area (Å²) in [6.07, 6.45) is 4.27. The van der Waals surface area contributed by atoms with Gasteiger partial charge in [0.15, 0.2) is 5.82 Å². The van der Waals surface area contributed by atoms with Crippen molar-refractivity contribution in [2.75, 3.05) is 7.11 Å².